The first-order chi connectivity index (χ1) is 16.4. The minimum atomic E-state index is -0.853. The molecule has 0 radical (unpaired) electrons. The molecule has 2 rings (SSSR count). The smallest absolute Gasteiger partial charge is 0.408 e. The fourth-order valence-electron chi connectivity index (χ4n) is 3.71. The van der Waals surface area contributed by atoms with Gasteiger partial charge in [-0.3, -0.25) is 9.59 Å². The molecule has 0 fully saturated rings. The van der Waals surface area contributed by atoms with Gasteiger partial charge in [-0.25, -0.2) is 4.79 Å². The predicted molar refractivity (Wildman–Crippen MR) is 139 cm³/mol. The monoisotopic (exact) mass is 481 g/mol. The van der Waals surface area contributed by atoms with Gasteiger partial charge in [0.2, 0.25) is 5.91 Å². The molecule has 0 aliphatic carbocycles. The molecule has 0 bridgehead atoms. The number of hydrogen-bond donors (Lipinski definition) is 2. The Morgan fingerprint density at radius 2 is 1.69 bits per heavy atom. The molecule has 7 nitrogen and oxygen atoms in total. The van der Waals surface area contributed by atoms with Crippen molar-refractivity contribution in [1.29, 1.82) is 0 Å². The maximum atomic E-state index is 13.7. The third-order valence-electron chi connectivity index (χ3n) is 5.55. The first-order valence-electron chi connectivity index (χ1n) is 12.1. The van der Waals surface area contributed by atoms with Gasteiger partial charge in [-0.1, -0.05) is 55.3 Å². The summed E-state index contributed by atoms with van der Waals surface area (Å²) in [5, 5.41) is 5.56. The van der Waals surface area contributed by atoms with Gasteiger partial charge in [-0.05, 0) is 70.7 Å². The van der Waals surface area contributed by atoms with Crippen LogP contribution in [0.15, 0.2) is 42.5 Å². The normalized spacial score (nSPS) is 12.0. The highest BCUT2D eigenvalue weighted by Gasteiger charge is 2.33. The van der Waals surface area contributed by atoms with Gasteiger partial charge in [-0.2, -0.15) is 0 Å². The second-order valence-corrected chi connectivity index (χ2v) is 9.86. The van der Waals surface area contributed by atoms with Crippen LogP contribution in [0.2, 0.25) is 0 Å². The van der Waals surface area contributed by atoms with Gasteiger partial charge in [0.05, 0.1) is 0 Å². The van der Waals surface area contributed by atoms with E-state index < -0.39 is 17.7 Å². The molecule has 0 aliphatic heterocycles. The molecule has 0 saturated heterocycles. The fourth-order valence-corrected chi connectivity index (χ4v) is 3.71. The Hall–Kier alpha value is -3.35. The molecule has 1 atom stereocenters. The van der Waals surface area contributed by atoms with Crippen molar-refractivity contribution in [3.8, 4) is 0 Å². The van der Waals surface area contributed by atoms with E-state index in [1.54, 1.807) is 25.7 Å². The van der Waals surface area contributed by atoms with Crippen molar-refractivity contribution >= 4 is 23.6 Å². The molecule has 2 N–H and O–H groups in total. The molecule has 2 aromatic carbocycles. The summed E-state index contributed by atoms with van der Waals surface area (Å²) in [6, 6.07) is 12.6. The number of benzene rings is 2. The molecule has 35 heavy (non-hydrogen) atoms. The van der Waals surface area contributed by atoms with E-state index >= 15 is 0 Å². The van der Waals surface area contributed by atoms with Crippen LogP contribution in [0, 0.1) is 20.8 Å². The van der Waals surface area contributed by atoms with E-state index in [1.165, 1.54) is 0 Å². The number of ether oxygens (including phenoxy) is 1. The van der Waals surface area contributed by atoms with E-state index in [1.807, 2.05) is 70.2 Å². The number of rotatable bonds is 9. The Morgan fingerprint density at radius 3 is 2.31 bits per heavy atom. The third-order valence-corrected chi connectivity index (χ3v) is 5.55. The lowest BCUT2D eigenvalue weighted by Crippen LogP contribution is -2.47. The Labute approximate surface area is 209 Å². The topological polar surface area (TPSA) is 87.7 Å². The van der Waals surface area contributed by atoms with E-state index in [0.29, 0.717) is 12.2 Å². The van der Waals surface area contributed by atoms with Gasteiger partial charge in [0, 0.05) is 12.2 Å². The minimum absolute atomic E-state index is 0.266. The van der Waals surface area contributed by atoms with Crippen LogP contribution < -0.4 is 10.6 Å². The number of anilines is 1. The zero-order valence-corrected chi connectivity index (χ0v) is 22.0. The van der Waals surface area contributed by atoms with Crippen LogP contribution in [-0.4, -0.2) is 41.5 Å². The van der Waals surface area contributed by atoms with Crippen LogP contribution in [0.5, 0.6) is 0 Å². The molecular weight excluding hydrogens is 442 g/mol. The van der Waals surface area contributed by atoms with Crippen LogP contribution in [0.4, 0.5) is 10.5 Å². The maximum absolute atomic E-state index is 13.7. The number of alkyl carbamates (subject to hydrolysis) is 1. The zero-order chi connectivity index (χ0) is 26.2. The average molecular weight is 482 g/mol. The predicted octanol–water partition coefficient (Wildman–Crippen LogP) is 5.45. The summed E-state index contributed by atoms with van der Waals surface area (Å²) in [4.78, 5) is 40.9. The third kappa shape index (κ3) is 8.42. The molecule has 3 amide bonds. The van der Waals surface area contributed by atoms with Crippen molar-refractivity contribution in [3.05, 3.63) is 64.7 Å². The van der Waals surface area contributed by atoms with E-state index in [9.17, 15) is 14.4 Å². The molecule has 2 aromatic rings. The molecule has 0 spiro atoms. The second kappa shape index (κ2) is 12.4. The molecule has 0 aromatic heterocycles. The lowest BCUT2D eigenvalue weighted by atomic mass is 9.96. The zero-order valence-electron chi connectivity index (χ0n) is 22.0. The number of unbranched alkanes of at least 4 members (excludes halogenated alkanes) is 1. The first-order valence-corrected chi connectivity index (χ1v) is 12.1. The summed E-state index contributed by atoms with van der Waals surface area (Å²) in [6.07, 6.45) is 0.897. The first kappa shape index (κ1) is 27.9. The highest BCUT2D eigenvalue weighted by molar-refractivity contribution is 5.99. The number of nitrogens with one attached hydrogen (secondary N) is 2. The minimum Gasteiger partial charge on any atom is -0.444 e. The lowest BCUT2D eigenvalue weighted by molar-refractivity contribution is -0.138. The van der Waals surface area contributed by atoms with Gasteiger partial charge in [-0.15, -0.1) is 0 Å². The number of hydrogen-bond acceptors (Lipinski definition) is 4. The van der Waals surface area contributed by atoms with Crippen molar-refractivity contribution in [2.24, 2.45) is 0 Å². The van der Waals surface area contributed by atoms with Crippen LogP contribution in [0.3, 0.4) is 0 Å². The average Bonchev–Trinajstić information content (AvgIpc) is 2.77. The quantitative estimate of drug-likeness (QED) is 0.499. The largest absolute Gasteiger partial charge is 0.444 e. The molecular formula is C28H39N3O4. The van der Waals surface area contributed by atoms with Gasteiger partial charge in [0.25, 0.3) is 5.91 Å². The summed E-state index contributed by atoms with van der Waals surface area (Å²) in [5.74, 6) is -0.648. The number of carbonyl (C=O) groups is 3. The van der Waals surface area contributed by atoms with Crippen LogP contribution in [-0.2, 0) is 14.3 Å². The summed E-state index contributed by atoms with van der Waals surface area (Å²) in [5.41, 5.74) is 3.62. The van der Waals surface area contributed by atoms with E-state index in [0.717, 1.165) is 35.1 Å². The number of amides is 3. The van der Waals surface area contributed by atoms with Crippen molar-refractivity contribution in [1.82, 2.24) is 10.2 Å². The molecule has 190 valence electrons. The van der Waals surface area contributed by atoms with Crippen molar-refractivity contribution in [2.45, 2.75) is 73.0 Å². The molecule has 0 saturated carbocycles. The maximum Gasteiger partial charge on any atom is 0.408 e. The van der Waals surface area contributed by atoms with Gasteiger partial charge in [0.15, 0.2) is 0 Å². The Balaban J connectivity index is 2.42. The number of aryl methyl sites for hydroxylation is 3. The molecule has 1 unspecified atom stereocenters. The Kier molecular flexibility index (Phi) is 9.87. The van der Waals surface area contributed by atoms with Crippen LogP contribution in [0.1, 0.15) is 68.8 Å². The molecule has 7 heteroatoms. The Morgan fingerprint density at radius 1 is 1.00 bits per heavy atom. The Bertz CT molecular complexity index is 1040. The summed E-state index contributed by atoms with van der Waals surface area (Å²) < 4.78 is 5.27. The fraction of sp³-hybridized carbons (Fsp3) is 0.464. The van der Waals surface area contributed by atoms with Crippen molar-refractivity contribution < 1.29 is 19.1 Å². The summed E-state index contributed by atoms with van der Waals surface area (Å²) in [6.45, 7) is 13.2. The lowest BCUT2D eigenvalue weighted by Gasteiger charge is -2.33. The van der Waals surface area contributed by atoms with Gasteiger partial charge >= 0.3 is 6.09 Å². The standard InChI is InChI=1S/C28H39N3O4/c1-8-9-16-31(24(32)18-29-27(34)35-28(5,6)7)25(22-17-19(2)14-15-20(22)3)26(33)30-23-13-11-10-12-21(23)4/h10-15,17,25H,8-9,16,18H2,1-7H3,(H,29,34)(H,30,33). The van der Waals surface area contributed by atoms with E-state index in [2.05, 4.69) is 10.6 Å². The molecule has 0 heterocycles. The van der Waals surface area contributed by atoms with E-state index in [4.69, 9.17) is 4.74 Å². The van der Waals surface area contributed by atoms with Gasteiger partial charge in [0.1, 0.15) is 18.2 Å². The number of nitrogens with zero attached hydrogens (tertiary/aromatic N) is 1. The van der Waals surface area contributed by atoms with Crippen molar-refractivity contribution in [2.75, 3.05) is 18.4 Å². The number of carbonyl (C=O) groups excluding carboxylic acids is 3. The summed E-state index contributed by atoms with van der Waals surface area (Å²) >= 11 is 0. The SMILES string of the molecule is CCCCN(C(=O)CNC(=O)OC(C)(C)C)C(C(=O)Nc1ccccc1C)c1cc(C)ccc1C. The van der Waals surface area contributed by atoms with E-state index in [-0.39, 0.29) is 18.4 Å². The van der Waals surface area contributed by atoms with Gasteiger partial charge < -0.3 is 20.3 Å². The highest BCUT2D eigenvalue weighted by Crippen LogP contribution is 2.28. The summed E-state index contributed by atoms with van der Waals surface area (Å²) in [7, 11) is 0. The van der Waals surface area contributed by atoms with Crippen molar-refractivity contribution in [3.63, 3.8) is 0 Å². The highest BCUT2D eigenvalue weighted by atomic mass is 16.6. The second-order valence-electron chi connectivity index (χ2n) is 9.86. The number of para-hydroxylation sites is 1. The molecule has 0 aliphatic rings. The van der Waals surface area contributed by atoms with Crippen LogP contribution in [0.25, 0.3) is 0 Å². The van der Waals surface area contributed by atoms with Crippen LogP contribution >= 0.6 is 0 Å².